The lowest BCUT2D eigenvalue weighted by atomic mass is 10.1. The van der Waals surface area contributed by atoms with Crippen molar-refractivity contribution in [3.05, 3.63) is 60.7 Å². The summed E-state index contributed by atoms with van der Waals surface area (Å²) in [6.45, 7) is 9.38. The average Bonchev–Trinajstić information content (AvgIpc) is 2.72. The number of hydrogen-bond donors (Lipinski definition) is 1. The van der Waals surface area contributed by atoms with Crippen LogP contribution in [0.25, 0.3) is 0 Å². The third kappa shape index (κ3) is 6.28. The predicted molar refractivity (Wildman–Crippen MR) is 128 cm³/mol. The lowest BCUT2D eigenvalue weighted by Gasteiger charge is -2.45. The van der Waals surface area contributed by atoms with Crippen LogP contribution >= 0.6 is 0 Å². The molecular weight excluding hydrogens is 372 g/mol. The second-order valence-electron chi connectivity index (χ2n) is 9.12. The highest BCUT2D eigenvalue weighted by atomic mass is 28.4. The lowest BCUT2D eigenvalue weighted by molar-refractivity contribution is 0.133. The van der Waals surface area contributed by atoms with Crippen LogP contribution in [0.1, 0.15) is 72.6 Å². The van der Waals surface area contributed by atoms with Crippen molar-refractivity contribution in [2.45, 2.75) is 83.8 Å². The van der Waals surface area contributed by atoms with Crippen LogP contribution in [0.15, 0.2) is 60.7 Å². The molecule has 0 saturated carbocycles. The minimum absolute atomic E-state index is 0.0222. The molecule has 2 aromatic carbocycles. The quantitative estimate of drug-likeness (QED) is 0.359. The number of aliphatic hydroxyl groups excluding tert-OH is 1. The topological polar surface area (TPSA) is 29.5 Å². The zero-order chi connectivity index (χ0) is 21.2. The van der Waals surface area contributed by atoms with Gasteiger partial charge in [-0.25, -0.2) is 0 Å². The van der Waals surface area contributed by atoms with E-state index in [4.69, 9.17) is 4.43 Å². The number of rotatable bonds is 12. The third-order valence-electron chi connectivity index (χ3n) is 5.84. The van der Waals surface area contributed by atoms with Crippen molar-refractivity contribution in [3.63, 3.8) is 0 Å². The summed E-state index contributed by atoms with van der Waals surface area (Å²) in [6, 6.07) is 21.6. The Morgan fingerprint density at radius 1 is 0.793 bits per heavy atom. The first kappa shape index (κ1) is 23.9. The molecule has 1 atom stereocenters. The van der Waals surface area contributed by atoms with E-state index in [0.717, 1.165) is 6.42 Å². The van der Waals surface area contributed by atoms with Crippen LogP contribution < -0.4 is 10.4 Å². The fourth-order valence-electron chi connectivity index (χ4n) is 4.32. The van der Waals surface area contributed by atoms with E-state index >= 15 is 0 Å². The van der Waals surface area contributed by atoms with Gasteiger partial charge in [-0.05, 0) is 28.3 Å². The maximum atomic E-state index is 9.75. The second kappa shape index (κ2) is 11.7. The molecule has 0 aliphatic rings. The Labute approximate surface area is 179 Å². The summed E-state index contributed by atoms with van der Waals surface area (Å²) in [5.74, 6) is 0. The van der Waals surface area contributed by atoms with E-state index in [1.54, 1.807) is 0 Å². The van der Waals surface area contributed by atoms with Gasteiger partial charge in [0.05, 0.1) is 0 Å². The van der Waals surface area contributed by atoms with Crippen molar-refractivity contribution < 1.29 is 9.53 Å². The molecule has 2 nitrogen and oxygen atoms in total. The molecule has 0 saturated heterocycles. The van der Waals surface area contributed by atoms with Crippen LogP contribution in [0.2, 0.25) is 5.04 Å². The molecule has 29 heavy (non-hydrogen) atoms. The molecule has 0 amide bonds. The van der Waals surface area contributed by atoms with Gasteiger partial charge in [0.15, 0.2) is 0 Å². The van der Waals surface area contributed by atoms with Crippen LogP contribution in [0, 0.1) is 0 Å². The maximum Gasteiger partial charge on any atom is 0.261 e. The van der Waals surface area contributed by atoms with E-state index in [0.29, 0.717) is 6.42 Å². The van der Waals surface area contributed by atoms with Gasteiger partial charge in [-0.3, -0.25) is 0 Å². The van der Waals surface area contributed by atoms with Gasteiger partial charge < -0.3 is 9.53 Å². The summed E-state index contributed by atoms with van der Waals surface area (Å²) in [5.41, 5.74) is 0. The van der Waals surface area contributed by atoms with E-state index in [1.807, 2.05) is 0 Å². The Morgan fingerprint density at radius 2 is 1.31 bits per heavy atom. The van der Waals surface area contributed by atoms with E-state index in [-0.39, 0.29) is 17.7 Å². The van der Waals surface area contributed by atoms with Crippen LogP contribution in [0.5, 0.6) is 0 Å². The molecular formula is C26H40O2Si. The summed E-state index contributed by atoms with van der Waals surface area (Å²) in [5, 5.41) is 12.4. The molecule has 0 aromatic heterocycles. The van der Waals surface area contributed by atoms with Crippen molar-refractivity contribution in [1.29, 1.82) is 0 Å². The van der Waals surface area contributed by atoms with E-state index in [1.165, 1.54) is 42.5 Å². The molecule has 0 spiro atoms. The summed E-state index contributed by atoms with van der Waals surface area (Å²) < 4.78 is 7.20. The molecule has 0 fully saturated rings. The Hall–Kier alpha value is -1.42. The van der Waals surface area contributed by atoms with Gasteiger partial charge in [0, 0.05) is 12.7 Å². The number of unbranched alkanes of at least 4 members (excludes halogenated alkanes) is 4. The minimum Gasteiger partial charge on any atom is -0.404 e. The second-order valence-corrected chi connectivity index (χ2v) is 13.4. The van der Waals surface area contributed by atoms with E-state index in [9.17, 15) is 5.11 Å². The highest BCUT2D eigenvalue weighted by Gasteiger charge is 2.51. The van der Waals surface area contributed by atoms with Gasteiger partial charge in [0.1, 0.15) is 0 Å². The molecule has 1 N–H and O–H groups in total. The van der Waals surface area contributed by atoms with Crippen LogP contribution in [0.3, 0.4) is 0 Å². The average molecular weight is 413 g/mol. The van der Waals surface area contributed by atoms with Gasteiger partial charge in [-0.1, -0.05) is 120 Å². The van der Waals surface area contributed by atoms with Gasteiger partial charge >= 0.3 is 0 Å². The molecule has 0 bridgehead atoms. The van der Waals surface area contributed by atoms with Crippen LogP contribution in [-0.2, 0) is 4.43 Å². The predicted octanol–water partition coefficient (Wildman–Crippen LogP) is 5.67. The van der Waals surface area contributed by atoms with E-state index < -0.39 is 8.32 Å². The maximum absolute atomic E-state index is 9.75. The first-order valence-electron chi connectivity index (χ1n) is 11.4. The molecule has 0 unspecified atom stereocenters. The fraction of sp³-hybridized carbons (Fsp3) is 0.538. The van der Waals surface area contributed by atoms with E-state index in [2.05, 4.69) is 88.4 Å². The van der Waals surface area contributed by atoms with Gasteiger partial charge in [0.25, 0.3) is 8.32 Å². The first-order chi connectivity index (χ1) is 14.0. The minimum atomic E-state index is -2.54. The summed E-state index contributed by atoms with van der Waals surface area (Å²) in [7, 11) is -2.54. The molecule has 3 heteroatoms. The van der Waals surface area contributed by atoms with Crippen molar-refractivity contribution >= 4 is 18.7 Å². The third-order valence-corrected chi connectivity index (χ3v) is 10.9. The zero-order valence-corrected chi connectivity index (χ0v) is 19.9. The molecule has 0 heterocycles. The smallest absolute Gasteiger partial charge is 0.261 e. The SMILES string of the molecule is CCCCCCC[C@H](CCO)O[Si](c1ccccc1)(c1ccccc1)C(C)(C)C. The lowest BCUT2D eigenvalue weighted by Crippen LogP contribution is -2.67. The number of aliphatic hydroxyl groups is 1. The van der Waals surface area contributed by atoms with Gasteiger partial charge in [-0.2, -0.15) is 0 Å². The zero-order valence-electron chi connectivity index (χ0n) is 18.9. The Morgan fingerprint density at radius 3 is 1.76 bits per heavy atom. The molecule has 0 aliphatic heterocycles. The van der Waals surface area contributed by atoms with Gasteiger partial charge in [-0.15, -0.1) is 0 Å². The van der Waals surface area contributed by atoms with Crippen LogP contribution in [-0.4, -0.2) is 26.1 Å². The Balaban J connectivity index is 2.40. The first-order valence-corrected chi connectivity index (χ1v) is 13.3. The van der Waals surface area contributed by atoms with Crippen molar-refractivity contribution in [3.8, 4) is 0 Å². The fourth-order valence-corrected chi connectivity index (χ4v) is 9.07. The standard InChI is InChI=1S/C26H40O2Si/c1-5-6-7-8-11-16-23(21-22-27)28-29(26(2,3)4,24-17-12-9-13-18-24)25-19-14-10-15-20-25/h9-10,12-15,17-20,23,27H,5-8,11,16,21-22H2,1-4H3/t23-/m1/s1. The van der Waals surface area contributed by atoms with Crippen molar-refractivity contribution in [2.24, 2.45) is 0 Å². The monoisotopic (exact) mass is 412 g/mol. The number of hydrogen-bond acceptors (Lipinski definition) is 2. The molecule has 2 rings (SSSR count). The number of benzene rings is 2. The highest BCUT2D eigenvalue weighted by Crippen LogP contribution is 2.38. The van der Waals surface area contributed by atoms with Gasteiger partial charge in [0.2, 0.25) is 0 Å². The summed E-state index contributed by atoms with van der Waals surface area (Å²) in [4.78, 5) is 0. The van der Waals surface area contributed by atoms with Crippen LogP contribution in [0.4, 0.5) is 0 Å². The normalized spacial score (nSPS) is 13.4. The van der Waals surface area contributed by atoms with Crippen molar-refractivity contribution in [1.82, 2.24) is 0 Å². The van der Waals surface area contributed by atoms with Crippen molar-refractivity contribution in [2.75, 3.05) is 6.61 Å². The molecule has 0 aliphatic carbocycles. The Kier molecular flexibility index (Phi) is 9.61. The summed E-state index contributed by atoms with van der Waals surface area (Å²) in [6.07, 6.45) is 8.10. The largest absolute Gasteiger partial charge is 0.404 e. The molecule has 2 aromatic rings. The molecule has 0 radical (unpaired) electrons. The Bertz CT molecular complexity index is 639. The summed E-state index contributed by atoms with van der Waals surface area (Å²) >= 11 is 0. The molecule has 160 valence electrons. The highest BCUT2D eigenvalue weighted by molar-refractivity contribution is 6.99.